The molecule has 0 amide bonds. The van der Waals surface area contributed by atoms with Gasteiger partial charge in [0.2, 0.25) is 0 Å². The van der Waals surface area contributed by atoms with E-state index in [1.807, 2.05) is 0 Å². The monoisotopic (exact) mass is 282 g/mol. The molecule has 1 unspecified atom stereocenters. The van der Waals surface area contributed by atoms with Crippen LogP contribution < -0.4 is 10.1 Å². The number of hydrogen-bond acceptors (Lipinski definition) is 5. The molecule has 0 aliphatic rings. The minimum absolute atomic E-state index is 0.133. The Kier molecular flexibility index (Phi) is 5.31. The van der Waals surface area contributed by atoms with Gasteiger partial charge in [-0.05, 0) is 32.9 Å². The third-order valence-corrected chi connectivity index (χ3v) is 2.43. The zero-order valence-corrected chi connectivity index (χ0v) is 11.6. The second-order valence-corrected chi connectivity index (χ2v) is 4.72. The fourth-order valence-electron chi connectivity index (χ4n) is 1.75. The Morgan fingerprint density at radius 3 is 2.60 bits per heavy atom. The van der Waals surface area contributed by atoms with E-state index >= 15 is 0 Å². The largest absolute Gasteiger partial charge is 0.484 e. The number of anilines is 1. The number of nitrogens with one attached hydrogen (secondary N) is 1. The fourth-order valence-corrected chi connectivity index (χ4v) is 1.75. The van der Waals surface area contributed by atoms with Crippen LogP contribution in [0.1, 0.15) is 27.2 Å². The lowest BCUT2D eigenvalue weighted by Crippen LogP contribution is -2.20. The molecule has 7 nitrogen and oxygen atoms in total. The second kappa shape index (κ2) is 6.74. The van der Waals surface area contributed by atoms with Gasteiger partial charge in [0, 0.05) is 6.04 Å². The van der Waals surface area contributed by atoms with Gasteiger partial charge in [0.25, 0.3) is 0 Å². The van der Waals surface area contributed by atoms with E-state index in [9.17, 15) is 14.9 Å². The Morgan fingerprint density at radius 2 is 2.10 bits per heavy atom. The molecular formula is C13H18N2O5. The van der Waals surface area contributed by atoms with Gasteiger partial charge in [0.15, 0.2) is 5.75 Å². The predicted molar refractivity (Wildman–Crippen MR) is 74.2 cm³/mol. The predicted octanol–water partition coefficient (Wildman–Crippen LogP) is 2.66. The lowest BCUT2D eigenvalue weighted by atomic mass is 10.2. The molecule has 0 aliphatic carbocycles. The summed E-state index contributed by atoms with van der Waals surface area (Å²) in [4.78, 5) is 21.3. The van der Waals surface area contributed by atoms with Crippen molar-refractivity contribution in [1.82, 2.24) is 0 Å². The maximum atomic E-state index is 11.2. The molecule has 0 radical (unpaired) electrons. The van der Waals surface area contributed by atoms with E-state index in [2.05, 4.69) is 5.32 Å². The summed E-state index contributed by atoms with van der Waals surface area (Å²) in [6.45, 7) is 5.20. The summed E-state index contributed by atoms with van der Waals surface area (Å²) in [6.07, 6.45) is -0.327. The number of hydrogen-bond donors (Lipinski definition) is 2. The van der Waals surface area contributed by atoms with Gasteiger partial charge < -0.3 is 15.2 Å². The molecule has 20 heavy (non-hydrogen) atoms. The highest BCUT2D eigenvalue weighted by Crippen LogP contribution is 2.35. The quantitative estimate of drug-likeness (QED) is 0.589. The molecule has 0 heterocycles. The Balaban J connectivity index is 3.06. The molecule has 110 valence electrons. The Hall–Kier alpha value is -2.31. The summed E-state index contributed by atoms with van der Waals surface area (Å²) in [5.74, 6) is -0.806. The number of carbonyl (C=O) groups is 1. The molecule has 1 rings (SSSR count). The number of nitrogens with zero attached hydrogens (tertiary/aromatic N) is 1. The Labute approximate surface area is 116 Å². The van der Waals surface area contributed by atoms with E-state index in [-0.39, 0.29) is 29.6 Å². The highest BCUT2D eigenvalue weighted by Gasteiger charge is 2.23. The number of nitro groups is 1. The van der Waals surface area contributed by atoms with Crippen molar-refractivity contribution < 1.29 is 19.6 Å². The van der Waals surface area contributed by atoms with Gasteiger partial charge >= 0.3 is 11.7 Å². The average molecular weight is 282 g/mol. The first-order valence-electron chi connectivity index (χ1n) is 6.23. The Morgan fingerprint density at radius 1 is 1.45 bits per heavy atom. The van der Waals surface area contributed by atoms with Crippen molar-refractivity contribution in [3.63, 3.8) is 0 Å². The van der Waals surface area contributed by atoms with Gasteiger partial charge in [0.05, 0.1) is 17.4 Å². The van der Waals surface area contributed by atoms with E-state index in [0.29, 0.717) is 0 Å². The topological polar surface area (TPSA) is 102 Å². The summed E-state index contributed by atoms with van der Waals surface area (Å²) < 4.78 is 5.41. The molecule has 7 heteroatoms. The molecule has 0 fully saturated rings. The van der Waals surface area contributed by atoms with Crippen LogP contribution >= 0.6 is 0 Å². The number of para-hydroxylation sites is 1. The van der Waals surface area contributed by atoms with Gasteiger partial charge in [-0.3, -0.25) is 14.9 Å². The molecule has 0 spiro atoms. The molecule has 0 saturated heterocycles. The van der Waals surface area contributed by atoms with Crippen LogP contribution in [0.25, 0.3) is 0 Å². The number of carboxylic acids is 1. The van der Waals surface area contributed by atoms with Gasteiger partial charge in [-0.25, -0.2) is 0 Å². The number of aliphatic carboxylic acids is 1. The molecule has 1 aromatic rings. The summed E-state index contributed by atoms with van der Waals surface area (Å²) in [7, 11) is 0. The summed E-state index contributed by atoms with van der Waals surface area (Å²) in [5, 5.41) is 22.7. The third kappa shape index (κ3) is 4.42. The minimum Gasteiger partial charge on any atom is -0.484 e. The van der Waals surface area contributed by atoms with E-state index < -0.39 is 16.9 Å². The molecule has 0 bridgehead atoms. The van der Waals surface area contributed by atoms with Crippen LogP contribution in [-0.4, -0.2) is 28.1 Å². The van der Waals surface area contributed by atoms with Crippen LogP contribution in [0.3, 0.4) is 0 Å². The average Bonchev–Trinajstić information content (AvgIpc) is 2.26. The van der Waals surface area contributed by atoms with Crippen LogP contribution in [-0.2, 0) is 4.79 Å². The van der Waals surface area contributed by atoms with Crippen molar-refractivity contribution >= 4 is 17.3 Å². The highest BCUT2D eigenvalue weighted by molar-refractivity contribution is 5.71. The van der Waals surface area contributed by atoms with Crippen LogP contribution in [0, 0.1) is 10.1 Å². The maximum absolute atomic E-state index is 11.2. The number of nitro benzene ring substituents is 1. The van der Waals surface area contributed by atoms with Crippen LogP contribution in [0.15, 0.2) is 18.2 Å². The molecule has 0 aliphatic heterocycles. The smallest absolute Gasteiger partial charge is 0.333 e. The highest BCUT2D eigenvalue weighted by atomic mass is 16.6. The molecule has 1 aromatic carbocycles. The normalized spacial score (nSPS) is 12.0. The molecular weight excluding hydrogens is 264 g/mol. The number of rotatable bonds is 7. The van der Waals surface area contributed by atoms with Crippen molar-refractivity contribution in [2.24, 2.45) is 0 Å². The maximum Gasteiger partial charge on any atom is 0.333 e. The third-order valence-electron chi connectivity index (χ3n) is 2.43. The minimum atomic E-state index is -0.970. The summed E-state index contributed by atoms with van der Waals surface area (Å²) >= 11 is 0. The van der Waals surface area contributed by atoms with Gasteiger partial charge in [-0.2, -0.15) is 0 Å². The number of benzene rings is 1. The second-order valence-electron chi connectivity index (χ2n) is 4.72. The Bertz CT molecular complexity index is 502. The van der Waals surface area contributed by atoms with Crippen molar-refractivity contribution in [2.45, 2.75) is 39.3 Å². The van der Waals surface area contributed by atoms with E-state index in [0.717, 1.165) is 0 Å². The van der Waals surface area contributed by atoms with E-state index in [1.165, 1.54) is 12.1 Å². The first-order valence-corrected chi connectivity index (χ1v) is 6.23. The lowest BCUT2D eigenvalue weighted by Gasteiger charge is -2.16. The summed E-state index contributed by atoms with van der Waals surface area (Å²) in [6, 6.07) is 4.25. The number of carboxylic acid groups (broad SMARTS) is 1. The van der Waals surface area contributed by atoms with Gasteiger partial charge in [-0.1, -0.05) is 6.07 Å². The zero-order chi connectivity index (χ0) is 15.3. The van der Waals surface area contributed by atoms with Crippen molar-refractivity contribution in [1.29, 1.82) is 0 Å². The van der Waals surface area contributed by atoms with Gasteiger partial charge in [-0.15, -0.1) is 0 Å². The molecule has 2 N–H and O–H groups in total. The summed E-state index contributed by atoms with van der Waals surface area (Å²) in [5.41, 5.74) is 0.0698. The van der Waals surface area contributed by atoms with Crippen LogP contribution in [0.2, 0.25) is 0 Å². The number of ether oxygens (including phenoxy) is 1. The first-order chi connectivity index (χ1) is 9.31. The molecule has 0 saturated carbocycles. The SMILES string of the molecule is CC(CC(=O)O)Nc1cccc(OC(C)C)c1[N+](=O)[O-]. The van der Waals surface area contributed by atoms with Crippen molar-refractivity contribution in [2.75, 3.05) is 5.32 Å². The van der Waals surface area contributed by atoms with Gasteiger partial charge in [0.1, 0.15) is 5.69 Å². The standard InChI is InChI=1S/C13H18N2O5/c1-8(2)20-11-6-4-5-10(13(11)15(18)19)14-9(3)7-12(16)17/h4-6,8-9,14H,7H2,1-3H3,(H,16,17). The molecule has 1 atom stereocenters. The van der Waals surface area contributed by atoms with Crippen LogP contribution in [0.5, 0.6) is 5.75 Å². The van der Waals surface area contributed by atoms with Crippen molar-refractivity contribution in [3.8, 4) is 5.75 Å². The lowest BCUT2D eigenvalue weighted by molar-refractivity contribution is -0.385. The fraction of sp³-hybridized carbons (Fsp3) is 0.462. The van der Waals surface area contributed by atoms with E-state index in [4.69, 9.17) is 9.84 Å². The van der Waals surface area contributed by atoms with Crippen LogP contribution in [0.4, 0.5) is 11.4 Å². The zero-order valence-electron chi connectivity index (χ0n) is 11.6. The van der Waals surface area contributed by atoms with Crippen molar-refractivity contribution in [3.05, 3.63) is 28.3 Å². The van der Waals surface area contributed by atoms with E-state index in [1.54, 1.807) is 26.8 Å². The molecule has 0 aromatic heterocycles. The first kappa shape index (κ1) is 15.7.